The Hall–Kier alpha value is -1.06. The Morgan fingerprint density at radius 1 is 1.57 bits per heavy atom. The lowest BCUT2D eigenvalue weighted by molar-refractivity contribution is 0.0968. The van der Waals surface area contributed by atoms with Gasteiger partial charge in [0.25, 0.3) is 0 Å². The number of ether oxygens (including phenoxy) is 1. The fraction of sp³-hybridized carbons (Fsp3) is 0.300. The molecule has 76 valence electrons. The minimum Gasteiger partial charge on any atom is -0.497 e. The second kappa shape index (κ2) is 4.44. The molecule has 0 heterocycles. The first-order valence-corrected chi connectivity index (χ1v) is 4.57. The van der Waals surface area contributed by atoms with Gasteiger partial charge in [0.2, 0.25) is 0 Å². The monoisotopic (exact) mass is 213 g/mol. The van der Waals surface area contributed by atoms with Crippen LogP contribution in [0.4, 0.5) is 0 Å². The molecular weight excluding hydrogens is 202 g/mol. The average molecular weight is 214 g/mol. The molecule has 0 radical (unpaired) electrons. The number of rotatable bonds is 3. The Morgan fingerprint density at radius 2 is 2.21 bits per heavy atom. The van der Waals surface area contributed by atoms with Crippen molar-refractivity contribution in [3.63, 3.8) is 0 Å². The fourth-order valence-corrected chi connectivity index (χ4v) is 1.33. The van der Waals surface area contributed by atoms with Crippen LogP contribution in [0, 0.1) is 0 Å². The van der Waals surface area contributed by atoms with E-state index in [1.807, 2.05) is 0 Å². The molecule has 1 rings (SSSR count). The molecule has 0 aliphatic rings. The number of hydrogen-bond acceptors (Lipinski definition) is 3. The van der Waals surface area contributed by atoms with E-state index in [0.717, 1.165) is 0 Å². The lowest BCUT2D eigenvalue weighted by Crippen LogP contribution is -2.26. The highest BCUT2D eigenvalue weighted by atomic mass is 35.5. The normalized spacial score (nSPS) is 12.3. The van der Waals surface area contributed by atoms with Crippen molar-refractivity contribution in [2.24, 2.45) is 5.73 Å². The lowest BCUT2D eigenvalue weighted by atomic mass is 10.1. The number of hydrogen-bond donors (Lipinski definition) is 1. The van der Waals surface area contributed by atoms with Crippen molar-refractivity contribution in [3.05, 3.63) is 28.8 Å². The van der Waals surface area contributed by atoms with Gasteiger partial charge in [-0.2, -0.15) is 0 Å². The van der Waals surface area contributed by atoms with Gasteiger partial charge in [0.1, 0.15) is 5.75 Å². The Balaban J connectivity index is 3.06. The Kier molecular flexibility index (Phi) is 3.49. The summed E-state index contributed by atoms with van der Waals surface area (Å²) < 4.78 is 4.96. The van der Waals surface area contributed by atoms with Crippen LogP contribution >= 0.6 is 11.6 Å². The molecule has 0 saturated carbocycles. The van der Waals surface area contributed by atoms with Crippen LogP contribution in [0.1, 0.15) is 17.3 Å². The van der Waals surface area contributed by atoms with Crippen LogP contribution in [0.5, 0.6) is 5.75 Å². The number of carbonyl (C=O) groups excluding carboxylic acids is 1. The summed E-state index contributed by atoms with van der Waals surface area (Å²) in [5.74, 6) is 0.453. The van der Waals surface area contributed by atoms with E-state index >= 15 is 0 Å². The van der Waals surface area contributed by atoms with Gasteiger partial charge in [0.15, 0.2) is 5.78 Å². The van der Waals surface area contributed by atoms with Gasteiger partial charge in [-0.25, -0.2) is 0 Å². The van der Waals surface area contributed by atoms with Crippen molar-refractivity contribution in [1.29, 1.82) is 0 Å². The number of halogens is 1. The molecular formula is C10H12ClNO2. The highest BCUT2D eigenvalue weighted by Crippen LogP contribution is 2.23. The van der Waals surface area contributed by atoms with E-state index in [2.05, 4.69) is 0 Å². The van der Waals surface area contributed by atoms with E-state index < -0.39 is 6.04 Å². The van der Waals surface area contributed by atoms with Crippen LogP contribution in [0.15, 0.2) is 18.2 Å². The zero-order chi connectivity index (χ0) is 10.7. The van der Waals surface area contributed by atoms with Crippen molar-refractivity contribution >= 4 is 17.4 Å². The third-order valence-electron chi connectivity index (χ3n) is 1.86. The van der Waals surface area contributed by atoms with Crippen molar-refractivity contribution in [2.45, 2.75) is 13.0 Å². The van der Waals surface area contributed by atoms with Gasteiger partial charge >= 0.3 is 0 Å². The number of nitrogens with two attached hydrogens (primary N) is 1. The fourth-order valence-electron chi connectivity index (χ4n) is 1.07. The highest BCUT2D eigenvalue weighted by molar-refractivity contribution is 6.34. The maximum Gasteiger partial charge on any atom is 0.180 e. The van der Waals surface area contributed by atoms with E-state index in [-0.39, 0.29) is 5.78 Å². The number of ketones is 1. The summed E-state index contributed by atoms with van der Waals surface area (Å²) in [6, 6.07) is 4.35. The van der Waals surface area contributed by atoms with E-state index in [4.69, 9.17) is 22.1 Å². The van der Waals surface area contributed by atoms with Gasteiger partial charge in [-0.3, -0.25) is 4.79 Å². The Morgan fingerprint density at radius 3 is 2.64 bits per heavy atom. The third kappa shape index (κ3) is 2.25. The van der Waals surface area contributed by atoms with Gasteiger partial charge in [-0.05, 0) is 25.1 Å². The number of Topliss-reactive ketones (excluding diaryl/α,β-unsaturated/α-hetero) is 1. The molecule has 0 spiro atoms. The van der Waals surface area contributed by atoms with Crippen LogP contribution in [0.3, 0.4) is 0 Å². The Bertz CT molecular complexity index is 350. The summed E-state index contributed by atoms with van der Waals surface area (Å²) >= 11 is 5.89. The quantitative estimate of drug-likeness (QED) is 0.780. The van der Waals surface area contributed by atoms with Crippen LogP contribution in [0.2, 0.25) is 5.02 Å². The number of methoxy groups -OCH3 is 1. The minimum absolute atomic E-state index is 0.169. The third-order valence-corrected chi connectivity index (χ3v) is 2.17. The summed E-state index contributed by atoms with van der Waals surface area (Å²) in [6.45, 7) is 1.63. The molecule has 0 fully saturated rings. The van der Waals surface area contributed by atoms with Gasteiger partial charge in [-0.15, -0.1) is 0 Å². The minimum atomic E-state index is -0.541. The van der Waals surface area contributed by atoms with Crippen LogP contribution < -0.4 is 10.5 Å². The smallest absolute Gasteiger partial charge is 0.180 e. The molecule has 0 aromatic heterocycles. The molecule has 3 nitrogen and oxygen atoms in total. The maximum atomic E-state index is 11.5. The van der Waals surface area contributed by atoms with Crippen molar-refractivity contribution < 1.29 is 9.53 Å². The predicted molar refractivity (Wildman–Crippen MR) is 56.0 cm³/mol. The van der Waals surface area contributed by atoms with Crippen LogP contribution in [-0.4, -0.2) is 18.9 Å². The average Bonchev–Trinajstić information content (AvgIpc) is 2.16. The van der Waals surface area contributed by atoms with E-state index in [1.54, 1.807) is 32.2 Å². The molecule has 4 heteroatoms. The molecule has 0 saturated heterocycles. The lowest BCUT2D eigenvalue weighted by Gasteiger charge is -2.07. The maximum absolute atomic E-state index is 11.5. The predicted octanol–water partition coefficient (Wildman–Crippen LogP) is 1.88. The zero-order valence-corrected chi connectivity index (χ0v) is 8.84. The summed E-state index contributed by atoms with van der Waals surface area (Å²) in [6.07, 6.45) is 0. The molecule has 0 amide bonds. The van der Waals surface area contributed by atoms with Gasteiger partial charge < -0.3 is 10.5 Å². The van der Waals surface area contributed by atoms with E-state index in [0.29, 0.717) is 16.3 Å². The summed E-state index contributed by atoms with van der Waals surface area (Å²) in [5.41, 5.74) is 5.90. The van der Waals surface area contributed by atoms with E-state index in [1.165, 1.54) is 0 Å². The summed E-state index contributed by atoms with van der Waals surface area (Å²) in [4.78, 5) is 11.5. The van der Waals surface area contributed by atoms with Gasteiger partial charge in [-0.1, -0.05) is 11.6 Å². The molecule has 0 aliphatic carbocycles. The van der Waals surface area contributed by atoms with Crippen molar-refractivity contribution in [3.8, 4) is 5.75 Å². The first-order chi connectivity index (χ1) is 6.56. The Labute approximate surface area is 87.8 Å². The van der Waals surface area contributed by atoms with E-state index in [9.17, 15) is 4.79 Å². The summed E-state index contributed by atoms with van der Waals surface area (Å²) in [7, 11) is 1.54. The van der Waals surface area contributed by atoms with Gasteiger partial charge in [0, 0.05) is 5.56 Å². The van der Waals surface area contributed by atoms with Crippen molar-refractivity contribution in [2.75, 3.05) is 7.11 Å². The molecule has 0 aliphatic heterocycles. The molecule has 14 heavy (non-hydrogen) atoms. The zero-order valence-electron chi connectivity index (χ0n) is 8.08. The summed E-state index contributed by atoms with van der Waals surface area (Å²) in [5, 5.41) is 0.367. The largest absolute Gasteiger partial charge is 0.497 e. The first kappa shape index (κ1) is 11.0. The van der Waals surface area contributed by atoms with Crippen LogP contribution in [-0.2, 0) is 0 Å². The molecule has 0 bridgehead atoms. The number of benzene rings is 1. The molecule has 1 aromatic carbocycles. The molecule has 1 unspecified atom stereocenters. The second-order valence-electron chi connectivity index (χ2n) is 3.00. The topological polar surface area (TPSA) is 52.3 Å². The van der Waals surface area contributed by atoms with Crippen LogP contribution in [0.25, 0.3) is 0 Å². The second-order valence-corrected chi connectivity index (χ2v) is 3.41. The highest BCUT2D eigenvalue weighted by Gasteiger charge is 2.14. The number of carbonyl (C=O) groups is 1. The SMILES string of the molecule is COc1ccc(C(=O)C(C)N)c(Cl)c1. The molecule has 1 atom stereocenters. The molecule has 2 N–H and O–H groups in total. The first-order valence-electron chi connectivity index (χ1n) is 4.19. The standard InChI is InChI=1S/C10H12ClNO2/c1-6(12)10(13)8-4-3-7(14-2)5-9(8)11/h3-6H,12H2,1-2H3. The van der Waals surface area contributed by atoms with Crippen molar-refractivity contribution in [1.82, 2.24) is 0 Å². The van der Waals surface area contributed by atoms with Gasteiger partial charge in [0.05, 0.1) is 18.2 Å². The molecule has 1 aromatic rings.